The summed E-state index contributed by atoms with van der Waals surface area (Å²) >= 11 is 5.93. The van der Waals surface area contributed by atoms with E-state index in [2.05, 4.69) is 6.92 Å². The second-order valence-corrected chi connectivity index (χ2v) is 4.64. The standard InChI is InChI=1S/C12H13ClO2/c1-7-4-8(5-12(14)15)10-3-2-9(13)6-11(7)10/h2-3,6-8H,4-5H2,1H3,(H,14,15). The highest BCUT2D eigenvalue weighted by atomic mass is 35.5. The fraction of sp³-hybridized carbons (Fsp3) is 0.417. The molecular weight excluding hydrogens is 212 g/mol. The van der Waals surface area contributed by atoms with Crippen molar-refractivity contribution in [1.82, 2.24) is 0 Å². The van der Waals surface area contributed by atoms with Gasteiger partial charge in [0.05, 0.1) is 6.42 Å². The van der Waals surface area contributed by atoms with Gasteiger partial charge in [-0.1, -0.05) is 24.6 Å². The molecule has 1 N–H and O–H groups in total. The van der Waals surface area contributed by atoms with E-state index in [4.69, 9.17) is 16.7 Å². The van der Waals surface area contributed by atoms with Crippen LogP contribution in [0.5, 0.6) is 0 Å². The predicted molar refractivity (Wildman–Crippen MR) is 59.5 cm³/mol. The van der Waals surface area contributed by atoms with Crippen LogP contribution in [0.1, 0.15) is 42.7 Å². The lowest BCUT2D eigenvalue weighted by Crippen LogP contribution is -2.03. The lowest BCUT2D eigenvalue weighted by molar-refractivity contribution is -0.137. The average Bonchev–Trinajstić information content (AvgIpc) is 2.42. The average molecular weight is 225 g/mol. The molecule has 0 fully saturated rings. The van der Waals surface area contributed by atoms with Crippen LogP contribution in [0, 0.1) is 0 Å². The molecule has 1 aromatic carbocycles. The number of fused-ring (bicyclic) bond motifs is 1. The minimum absolute atomic E-state index is 0.157. The highest BCUT2D eigenvalue weighted by molar-refractivity contribution is 6.30. The molecule has 2 atom stereocenters. The zero-order chi connectivity index (χ0) is 11.0. The number of carboxylic acid groups (broad SMARTS) is 1. The van der Waals surface area contributed by atoms with Crippen molar-refractivity contribution < 1.29 is 9.90 Å². The summed E-state index contributed by atoms with van der Waals surface area (Å²) in [5, 5.41) is 9.55. The molecule has 0 heterocycles. The first-order chi connectivity index (χ1) is 7.08. The predicted octanol–water partition coefficient (Wildman–Crippen LogP) is 3.41. The number of hydrogen-bond acceptors (Lipinski definition) is 1. The lowest BCUT2D eigenvalue weighted by Gasteiger charge is -2.07. The number of hydrogen-bond donors (Lipinski definition) is 1. The van der Waals surface area contributed by atoms with E-state index in [-0.39, 0.29) is 12.3 Å². The first-order valence-electron chi connectivity index (χ1n) is 5.09. The van der Waals surface area contributed by atoms with Crippen LogP contribution in [-0.2, 0) is 4.79 Å². The van der Waals surface area contributed by atoms with Crippen LogP contribution in [0.2, 0.25) is 5.02 Å². The smallest absolute Gasteiger partial charge is 0.303 e. The van der Waals surface area contributed by atoms with Gasteiger partial charge in [0.15, 0.2) is 0 Å². The molecule has 3 heteroatoms. The third-order valence-electron chi connectivity index (χ3n) is 3.08. The molecule has 2 nitrogen and oxygen atoms in total. The molecule has 0 bridgehead atoms. The van der Waals surface area contributed by atoms with Crippen LogP contribution in [0.25, 0.3) is 0 Å². The van der Waals surface area contributed by atoms with E-state index in [9.17, 15) is 4.79 Å². The Hall–Kier alpha value is -1.02. The number of aliphatic carboxylic acids is 1. The third kappa shape index (κ3) is 2.00. The van der Waals surface area contributed by atoms with Crippen molar-refractivity contribution in [3.63, 3.8) is 0 Å². The van der Waals surface area contributed by atoms with Gasteiger partial charge in [-0.2, -0.15) is 0 Å². The molecule has 0 saturated heterocycles. The fourth-order valence-corrected chi connectivity index (χ4v) is 2.61. The second kappa shape index (κ2) is 3.86. The molecule has 0 aromatic heterocycles. The molecule has 0 spiro atoms. The summed E-state index contributed by atoms with van der Waals surface area (Å²) in [7, 11) is 0. The molecule has 0 aliphatic heterocycles. The molecule has 0 radical (unpaired) electrons. The van der Waals surface area contributed by atoms with E-state index in [1.807, 2.05) is 18.2 Å². The van der Waals surface area contributed by atoms with Gasteiger partial charge in [-0.15, -0.1) is 0 Å². The van der Waals surface area contributed by atoms with Crippen LogP contribution in [-0.4, -0.2) is 11.1 Å². The van der Waals surface area contributed by atoms with E-state index in [1.165, 1.54) is 5.56 Å². The van der Waals surface area contributed by atoms with Gasteiger partial charge in [0, 0.05) is 5.02 Å². The Morgan fingerprint density at radius 3 is 2.93 bits per heavy atom. The number of benzene rings is 1. The number of carboxylic acids is 1. The number of rotatable bonds is 2. The van der Waals surface area contributed by atoms with E-state index in [1.54, 1.807) is 0 Å². The largest absolute Gasteiger partial charge is 0.481 e. The Morgan fingerprint density at radius 1 is 1.53 bits per heavy atom. The van der Waals surface area contributed by atoms with Gasteiger partial charge in [0.1, 0.15) is 0 Å². The Labute approximate surface area is 93.9 Å². The lowest BCUT2D eigenvalue weighted by atomic mass is 9.98. The summed E-state index contributed by atoms with van der Waals surface area (Å²) in [5.74, 6) is -0.150. The van der Waals surface area contributed by atoms with Crippen molar-refractivity contribution in [1.29, 1.82) is 0 Å². The Bertz CT molecular complexity index is 401. The molecule has 2 rings (SSSR count). The maximum absolute atomic E-state index is 10.7. The van der Waals surface area contributed by atoms with Gasteiger partial charge in [0.25, 0.3) is 0 Å². The molecule has 0 saturated carbocycles. The summed E-state index contributed by atoms with van der Waals surface area (Å²) in [4.78, 5) is 10.7. The van der Waals surface area contributed by atoms with E-state index in [0.717, 1.165) is 17.0 Å². The first kappa shape index (κ1) is 10.5. The second-order valence-electron chi connectivity index (χ2n) is 4.20. The topological polar surface area (TPSA) is 37.3 Å². The van der Waals surface area contributed by atoms with Crippen LogP contribution in [0.4, 0.5) is 0 Å². The Morgan fingerprint density at radius 2 is 2.27 bits per heavy atom. The van der Waals surface area contributed by atoms with Crippen molar-refractivity contribution >= 4 is 17.6 Å². The van der Waals surface area contributed by atoms with Gasteiger partial charge in [-0.05, 0) is 41.5 Å². The van der Waals surface area contributed by atoms with E-state index < -0.39 is 5.97 Å². The van der Waals surface area contributed by atoms with Gasteiger partial charge in [-0.25, -0.2) is 0 Å². The van der Waals surface area contributed by atoms with E-state index in [0.29, 0.717) is 5.92 Å². The quantitative estimate of drug-likeness (QED) is 0.836. The van der Waals surface area contributed by atoms with Crippen LogP contribution >= 0.6 is 11.6 Å². The maximum Gasteiger partial charge on any atom is 0.303 e. The molecule has 15 heavy (non-hydrogen) atoms. The molecule has 1 aromatic rings. The molecule has 1 aliphatic rings. The minimum atomic E-state index is -0.727. The summed E-state index contributed by atoms with van der Waals surface area (Å²) < 4.78 is 0. The van der Waals surface area contributed by atoms with Gasteiger partial charge in [0.2, 0.25) is 0 Å². The third-order valence-corrected chi connectivity index (χ3v) is 3.31. The van der Waals surface area contributed by atoms with Gasteiger partial charge < -0.3 is 5.11 Å². The number of halogens is 1. The zero-order valence-corrected chi connectivity index (χ0v) is 9.29. The van der Waals surface area contributed by atoms with Crippen LogP contribution in [0.3, 0.4) is 0 Å². The van der Waals surface area contributed by atoms with Crippen molar-refractivity contribution in [2.75, 3.05) is 0 Å². The van der Waals surface area contributed by atoms with Crippen LogP contribution < -0.4 is 0 Å². The fourth-order valence-electron chi connectivity index (χ4n) is 2.43. The molecule has 80 valence electrons. The van der Waals surface area contributed by atoms with Crippen molar-refractivity contribution in [2.45, 2.75) is 31.6 Å². The summed E-state index contributed by atoms with van der Waals surface area (Å²) in [6.07, 6.45) is 1.14. The van der Waals surface area contributed by atoms with E-state index >= 15 is 0 Å². The molecule has 0 amide bonds. The maximum atomic E-state index is 10.7. The van der Waals surface area contributed by atoms with Gasteiger partial charge >= 0.3 is 5.97 Å². The molecular formula is C12H13ClO2. The van der Waals surface area contributed by atoms with Crippen molar-refractivity contribution in [2.24, 2.45) is 0 Å². The number of carbonyl (C=O) groups is 1. The minimum Gasteiger partial charge on any atom is -0.481 e. The summed E-state index contributed by atoms with van der Waals surface area (Å²) in [6, 6.07) is 5.77. The zero-order valence-electron chi connectivity index (χ0n) is 8.53. The van der Waals surface area contributed by atoms with Crippen LogP contribution in [0.15, 0.2) is 18.2 Å². The highest BCUT2D eigenvalue weighted by Gasteiger charge is 2.29. The molecule has 1 aliphatic carbocycles. The van der Waals surface area contributed by atoms with Gasteiger partial charge in [-0.3, -0.25) is 4.79 Å². The summed E-state index contributed by atoms with van der Waals surface area (Å²) in [5.41, 5.74) is 2.38. The monoisotopic (exact) mass is 224 g/mol. The highest BCUT2D eigenvalue weighted by Crippen LogP contribution is 2.43. The molecule has 2 unspecified atom stereocenters. The summed E-state index contributed by atoms with van der Waals surface area (Å²) in [6.45, 7) is 2.12. The normalized spacial score (nSPS) is 23.9. The SMILES string of the molecule is CC1CC(CC(=O)O)c2ccc(Cl)cc21. The van der Waals surface area contributed by atoms with Crippen molar-refractivity contribution in [3.05, 3.63) is 34.3 Å². The first-order valence-corrected chi connectivity index (χ1v) is 5.47. The Balaban J connectivity index is 2.33. The van der Waals surface area contributed by atoms with Crippen molar-refractivity contribution in [3.8, 4) is 0 Å². The Kier molecular flexibility index (Phi) is 2.70.